The first-order chi connectivity index (χ1) is 7.88. The number of piperidine rings is 1. The Morgan fingerprint density at radius 3 is 2.69 bits per heavy atom. The summed E-state index contributed by atoms with van der Waals surface area (Å²) in [5.41, 5.74) is 0. The van der Waals surface area contributed by atoms with Crippen molar-refractivity contribution >= 4 is 11.8 Å². The SMILES string of the molecule is CCC1CCC(CSc2ccccc2)NC1. The Labute approximate surface area is 103 Å². The van der Waals surface area contributed by atoms with E-state index in [4.69, 9.17) is 0 Å². The van der Waals surface area contributed by atoms with Crippen LogP contribution in [-0.4, -0.2) is 18.3 Å². The molecule has 1 saturated heterocycles. The van der Waals surface area contributed by atoms with E-state index in [0.29, 0.717) is 6.04 Å². The molecule has 1 N–H and O–H groups in total. The van der Waals surface area contributed by atoms with Gasteiger partial charge in [0.1, 0.15) is 0 Å². The maximum Gasteiger partial charge on any atom is 0.0161 e. The summed E-state index contributed by atoms with van der Waals surface area (Å²) >= 11 is 1.97. The van der Waals surface area contributed by atoms with Crippen molar-refractivity contribution in [2.24, 2.45) is 5.92 Å². The van der Waals surface area contributed by atoms with Crippen LogP contribution in [-0.2, 0) is 0 Å². The lowest BCUT2D eigenvalue weighted by molar-refractivity contribution is 0.319. The van der Waals surface area contributed by atoms with Gasteiger partial charge in [0.05, 0.1) is 0 Å². The van der Waals surface area contributed by atoms with Crippen LogP contribution in [0, 0.1) is 5.92 Å². The molecule has 1 aliphatic heterocycles. The van der Waals surface area contributed by atoms with Gasteiger partial charge in [-0.1, -0.05) is 31.5 Å². The van der Waals surface area contributed by atoms with Crippen LogP contribution < -0.4 is 5.32 Å². The molecule has 2 atom stereocenters. The predicted molar refractivity (Wildman–Crippen MR) is 72.0 cm³/mol. The minimum absolute atomic E-state index is 0.716. The lowest BCUT2D eigenvalue weighted by Gasteiger charge is -2.29. The van der Waals surface area contributed by atoms with Gasteiger partial charge in [0, 0.05) is 16.7 Å². The average molecular weight is 235 g/mol. The molecule has 0 aliphatic carbocycles. The molecule has 1 aliphatic rings. The molecular formula is C14H21NS. The van der Waals surface area contributed by atoms with Gasteiger partial charge in [-0.25, -0.2) is 0 Å². The van der Waals surface area contributed by atoms with Crippen molar-refractivity contribution in [2.75, 3.05) is 12.3 Å². The van der Waals surface area contributed by atoms with Crippen molar-refractivity contribution in [3.8, 4) is 0 Å². The second-order valence-corrected chi connectivity index (χ2v) is 5.67. The highest BCUT2D eigenvalue weighted by molar-refractivity contribution is 7.99. The van der Waals surface area contributed by atoms with Crippen LogP contribution in [0.4, 0.5) is 0 Å². The minimum atomic E-state index is 0.716. The Balaban J connectivity index is 1.72. The minimum Gasteiger partial charge on any atom is -0.313 e. The topological polar surface area (TPSA) is 12.0 Å². The van der Waals surface area contributed by atoms with Gasteiger partial charge in [0.15, 0.2) is 0 Å². The van der Waals surface area contributed by atoms with Gasteiger partial charge in [-0.3, -0.25) is 0 Å². The molecule has 1 aromatic rings. The summed E-state index contributed by atoms with van der Waals surface area (Å²) in [6, 6.07) is 11.4. The highest BCUT2D eigenvalue weighted by atomic mass is 32.2. The summed E-state index contributed by atoms with van der Waals surface area (Å²) in [7, 11) is 0. The Morgan fingerprint density at radius 2 is 2.06 bits per heavy atom. The molecule has 0 bridgehead atoms. The van der Waals surface area contributed by atoms with E-state index in [1.165, 1.54) is 36.5 Å². The number of hydrogen-bond donors (Lipinski definition) is 1. The third kappa shape index (κ3) is 3.53. The van der Waals surface area contributed by atoms with Crippen molar-refractivity contribution in [3.05, 3.63) is 30.3 Å². The number of thioether (sulfide) groups is 1. The van der Waals surface area contributed by atoms with E-state index in [2.05, 4.69) is 42.6 Å². The number of nitrogens with one attached hydrogen (secondary N) is 1. The number of benzene rings is 1. The first-order valence-electron chi connectivity index (χ1n) is 6.29. The highest BCUT2D eigenvalue weighted by Gasteiger charge is 2.18. The fourth-order valence-electron chi connectivity index (χ4n) is 2.18. The number of hydrogen-bond acceptors (Lipinski definition) is 2. The Morgan fingerprint density at radius 1 is 1.25 bits per heavy atom. The molecule has 0 aromatic heterocycles. The summed E-state index contributed by atoms with van der Waals surface area (Å²) in [5.74, 6) is 2.12. The van der Waals surface area contributed by atoms with Gasteiger partial charge in [0.25, 0.3) is 0 Å². The van der Waals surface area contributed by atoms with Gasteiger partial charge in [0.2, 0.25) is 0 Å². The lowest BCUT2D eigenvalue weighted by Crippen LogP contribution is -2.40. The van der Waals surface area contributed by atoms with Gasteiger partial charge in [-0.2, -0.15) is 0 Å². The monoisotopic (exact) mass is 235 g/mol. The average Bonchev–Trinajstić information content (AvgIpc) is 2.38. The standard InChI is InChI=1S/C14H21NS/c1-2-12-8-9-13(15-10-12)11-16-14-6-4-3-5-7-14/h3-7,12-13,15H,2,8-11H2,1H3. The van der Waals surface area contributed by atoms with Crippen LogP contribution in [0.2, 0.25) is 0 Å². The molecule has 2 rings (SSSR count). The van der Waals surface area contributed by atoms with Crippen LogP contribution in [0.5, 0.6) is 0 Å². The molecule has 1 aromatic carbocycles. The first-order valence-corrected chi connectivity index (χ1v) is 7.28. The third-order valence-electron chi connectivity index (χ3n) is 3.39. The van der Waals surface area contributed by atoms with E-state index < -0.39 is 0 Å². The largest absolute Gasteiger partial charge is 0.313 e. The van der Waals surface area contributed by atoms with E-state index >= 15 is 0 Å². The second kappa shape index (κ2) is 6.31. The predicted octanol–water partition coefficient (Wildman–Crippen LogP) is 3.56. The van der Waals surface area contributed by atoms with Gasteiger partial charge >= 0.3 is 0 Å². The van der Waals surface area contributed by atoms with Crippen LogP contribution in [0.3, 0.4) is 0 Å². The summed E-state index contributed by atoms with van der Waals surface area (Å²) < 4.78 is 0. The van der Waals surface area contributed by atoms with Gasteiger partial charge in [-0.15, -0.1) is 11.8 Å². The van der Waals surface area contributed by atoms with Crippen molar-refractivity contribution in [1.82, 2.24) is 5.32 Å². The van der Waals surface area contributed by atoms with Crippen molar-refractivity contribution in [3.63, 3.8) is 0 Å². The van der Waals surface area contributed by atoms with E-state index in [1.54, 1.807) is 0 Å². The maximum atomic E-state index is 3.67. The van der Waals surface area contributed by atoms with Crippen molar-refractivity contribution < 1.29 is 0 Å². The molecule has 0 saturated carbocycles. The van der Waals surface area contributed by atoms with E-state index in [1.807, 2.05) is 11.8 Å². The van der Waals surface area contributed by atoms with Crippen LogP contribution in [0.15, 0.2) is 35.2 Å². The summed E-state index contributed by atoms with van der Waals surface area (Å²) in [5, 5.41) is 3.67. The zero-order chi connectivity index (χ0) is 11.2. The molecule has 2 heteroatoms. The van der Waals surface area contributed by atoms with Crippen LogP contribution in [0.25, 0.3) is 0 Å². The molecule has 0 amide bonds. The maximum absolute atomic E-state index is 3.67. The van der Waals surface area contributed by atoms with Gasteiger partial charge < -0.3 is 5.32 Å². The molecule has 1 nitrogen and oxygen atoms in total. The Hall–Kier alpha value is -0.470. The van der Waals surface area contributed by atoms with Crippen molar-refractivity contribution in [1.29, 1.82) is 0 Å². The normalized spacial score (nSPS) is 25.6. The molecule has 1 heterocycles. The second-order valence-electron chi connectivity index (χ2n) is 4.58. The zero-order valence-corrected chi connectivity index (χ0v) is 10.8. The Bertz CT molecular complexity index is 291. The molecule has 2 unspecified atom stereocenters. The van der Waals surface area contributed by atoms with E-state index in [0.717, 1.165) is 5.92 Å². The molecule has 0 spiro atoms. The van der Waals surface area contributed by atoms with E-state index in [9.17, 15) is 0 Å². The first kappa shape index (κ1) is 12.0. The third-order valence-corrected chi connectivity index (χ3v) is 4.56. The fourth-order valence-corrected chi connectivity index (χ4v) is 3.21. The summed E-state index contributed by atoms with van der Waals surface area (Å²) in [4.78, 5) is 1.39. The fraction of sp³-hybridized carbons (Fsp3) is 0.571. The van der Waals surface area contributed by atoms with Crippen LogP contribution in [0.1, 0.15) is 26.2 Å². The highest BCUT2D eigenvalue weighted by Crippen LogP contribution is 2.23. The quantitative estimate of drug-likeness (QED) is 0.801. The summed E-state index contributed by atoms with van der Waals surface area (Å²) in [6.45, 7) is 3.52. The molecular weight excluding hydrogens is 214 g/mol. The van der Waals surface area contributed by atoms with Crippen molar-refractivity contribution in [2.45, 2.75) is 37.1 Å². The smallest absolute Gasteiger partial charge is 0.0161 e. The molecule has 16 heavy (non-hydrogen) atoms. The van der Waals surface area contributed by atoms with E-state index in [-0.39, 0.29) is 0 Å². The molecule has 0 radical (unpaired) electrons. The van der Waals surface area contributed by atoms with Gasteiger partial charge in [-0.05, 0) is 37.4 Å². The molecule has 88 valence electrons. The Kier molecular flexibility index (Phi) is 4.73. The molecule has 1 fully saturated rings. The zero-order valence-electron chi connectivity index (χ0n) is 9.99. The van der Waals surface area contributed by atoms with Crippen LogP contribution >= 0.6 is 11.8 Å². The summed E-state index contributed by atoms with van der Waals surface area (Å²) in [6.07, 6.45) is 4.08. The lowest BCUT2D eigenvalue weighted by atomic mass is 9.93. The number of rotatable bonds is 4.